The SMILES string of the molecule is Cc1cc(C)n(-c2ccc(N3CC(O)C4(CC4)C3)nn2)n1. The average molecular weight is 285 g/mol. The molecule has 2 aromatic rings. The Morgan fingerprint density at radius 2 is 1.90 bits per heavy atom. The molecule has 0 amide bonds. The largest absolute Gasteiger partial charge is 0.391 e. The van der Waals surface area contributed by atoms with Crippen LogP contribution in [-0.2, 0) is 0 Å². The molecule has 3 heterocycles. The summed E-state index contributed by atoms with van der Waals surface area (Å²) in [5.74, 6) is 1.56. The number of nitrogens with zero attached hydrogens (tertiary/aromatic N) is 5. The number of β-amino-alcohol motifs (C(OH)–C–C–N with tert-alkyl or cyclic N) is 1. The number of anilines is 1. The van der Waals surface area contributed by atoms with E-state index in [1.807, 2.05) is 32.0 Å². The molecule has 2 fully saturated rings. The van der Waals surface area contributed by atoms with E-state index in [0.29, 0.717) is 6.54 Å². The molecule has 0 radical (unpaired) electrons. The zero-order valence-electron chi connectivity index (χ0n) is 12.3. The summed E-state index contributed by atoms with van der Waals surface area (Å²) in [7, 11) is 0. The number of aryl methyl sites for hydroxylation is 2. The summed E-state index contributed by atoms with van der Waals surface area (Å²) < 4.78 is 1.80. The third-order valence-electron chi connectivity index (χ3n) is 4.69. The molecule has 4 rings (SSSR count). The molecule has 1 spiro atoms. The van der Waals surface area contributed by atoms with Crippen molar-refractivity contribution in [1.29, 1.82) is 0 Å². The molecule has 1 saturated heterocycles. The quantitative estimate of drug-likeness (QED) is 0.899. The molecule has 0 bridgehead atoms. The van der Waals surface area contributed by atoms with Crippen molar-refractivity contribution in [3.63, 3.8) is 0 Å². The van der Waals surface area contributed by atoms with Crippen molar-refractivity contribution in [2.45, 2.75) is 32.8 Å². The molecule has 6 heteroatoms. The Kier molecular flexibility index (Phi) is 2.60. The van der Waals surface area contributed by atoms with Gasteiger partial charge < -0.3 is 10.0 Å². The standard InChI is InChI=1S/C15H19N5O/c1-10-7-11(2)20(18-10)14-4-3-13(16-17-14)19-8-12(21)15(9-19)5-6-15/h3-4,7,12,21H,5-6,8-9H2,1-2H3. The van der Waals surface area contributed by atoms with Gasteiger partial charge in [0.05, 0.1) is 11.8 Å². The van der Waals surface area contributed by atoms with Crippen LogP contribution >= 0.6 is 0 Å². The number of hydrogen-bond acceptors (Lipinski definition) is 5. The molecule has 110 valence electrons. The number of rotatable bonds is 2. The first-order valence-corrected chi connectivity index (χ1v) is 7.38. The van der Waals surface area contributed by atoms with Gasteiger partial charge in [0.2, 0.25) is 0 Å². The highest BCUT2D eigenvalue weighted by atomic mass is 16.3. The van der Waals surface area contributed by atoms with Gasteiger partial charge in [-0.25, -0.2) is 4.68 Å². The van der Waals surface area contributed by atoms with Crippen LogP contribution in [0.25, 0.3) is 5.82 Å². The van der Waals surface area contributed by atoms with E-state index in [2.05, 4.69) is 20.2 Å². The fraction of sp³-hybridized carbons (Fsp3) is 0.533. The maximum Gasteiger partial charge on any atom is 0.176 e. The predicted octanol–water partition coefficient (Wildman–Crippen LogP) is 1.24. The summed E-state index contributed by atoms with van der Waals surface area (Å²) in [4.78, 5) is 2.13. The molecule has 1 aliphatic heterocycles. The summed E-state index contributed by atoms with van der Waals surface area (Å²) in [6.07, 6.45) is 2.03. The lowest BCUT2D eigenvalue weighted by Crippen LogP contribution is -2.22. The van der Waals surface area contributed by atoms with Crippen LogP contribution in [0, 0.1) is 19.3 Å². The van der Waals surface area contributed by atoms with E-state index in [9.17, 15) is 5.11 Å². The molecule has 1 saturated carbocycles. The highest BCUT2D eigenvalue weighted by molar-refractivity contribution is 5.43. The molecule has 21 heavy (non-hydrogen) atoms. The Hall–Kier alpha value is -1.95. The molecule has 1 unspecified atom stereocenters. The second kappa shape index (κ2) is 4.27. The van der Waals surface area contributed by atoms with Crippen molar-refractivity contribution >= 4 is 5.82 Å². The number of hydrogen-bond donors (Lipinski definition) is 1. The van der Waals surface area contributed by atoms with Gasteiger partial charge in [-0.15, -0.1) is 10.2 Å². The third kappa shape index (κ3) is 2.01. The minimum atomic E-state index is -0.227. The van der Waals surface area contributed by atoms with Crippen molar-refractivity contribution in [3.05, 3.63) is 29.6 Å². The first-order chi connectivity index (χ1) is 10.1. The summed E-state index contributed by atoms with van der Waals surface area (Å²) >= 11 is 0. The van der Waals surface area contributed by atoms with E-state index in [1.54, 1.807) is 4.68 Å². The van der Waals surface area contributed by atoms with Crippen molar-refractivity contribution < 1.29 is 5.11 Å². The zero-order valence-corrected chi connectivity index (χ0v) is 12.3. The van der Waals surface area contributed by atoms with E-state index < -0.39 is 0 Å². The van der Waals surface area contributed by atoms with Crippen LogP contribution in [0.1, 0.15) is 24.2 Å². The summed E-state index contributed by atoms with van der Waals surface area (Å²) in [6, 6.07) is 5.92. The third-order valence-corrected chi connectivity index (χ3v) is 4.69. The second-order valence-corrected chi connectivity index (χ2v) is 6.35. The van der Waals surface area contributed by atoms with Crippen LogP contribution in [0.15, 0.2) is 18.2 Å². The van der Waals surface area contributed by atoms with Crippen LogP contribution in [0.2, 0.25) is 0 Å². The van der Waals surface area contributed by atoms with Gasteiger partial charge in [-0.1, -0.05) is 0 Å². The van der Waals surface area contributed by atoms with Gasteiger partial charge >= 0.3 is 0 Å². The van der Waals surface area contributed by atoms with Crippen LogP contribution < -0.4 is 4.90 Å². The van der Waals surface area contributed by atoms with Gasteiger partial charge in [0.15, 0.2) is 11.6 Å². The minimum Gasteiger partial charge on any atom is -0.391 e. The fourth-order valence-electron chi connectivity index (χ4n) is 3.24. The fourth-order valence-corrected chi connectivity index (χ4v) is 3.24. The van der Waals surface area contributed by atoms with Crippen LogP contribution in [0.3, 0.4) is 0 Å². The maximum atomic E-state index is 10.1. The first kappa shape index (κ1) is 12.8. The summed E-state index contributed by atoms with van der Waals surface area (Å²) in [5, 5.41) is 23.1. The molecule has 1 aliphatic carbocycles. The molecule has 0 aromatic carbocycles. The molecule has 2 aliphatic rings. The van der Waals surface area contributed by atoms with Gasteiger partial charge in [0.25, 0.3) is 0 Å². The lowest BCUT2D eigenvalue weighted by Gasteiger charge is -2.16. The van der Waals surface area contributed by atoms with Crippen LogP contribution in [-0.4, -0.2) is 44.3 Å². The molecular weight excluding hydrogens is 266 g/mol. The maximum absolute atomic E-state index is 10.1. The first-order valence-electron chi connectivity index (χ1n) is 7.38. The van der Waals surface area contributed by atoms with Gasteiger partial charge in [0, 0.05) is 24.2 Å². The van der Waals surface area contributed by atoms with E-state index in [0.717, 1.165) is 42.4 Å². The normalized spacial score (nSPS) is 23.0. The van der Waals surface area contributed by atoms with Crippen molar-refractivity contribution in [2.24, 2.45) is 5.41 Å². The summed E-state index contributed by atoms with van der Waals surface area (Å²) in [5.41, 5.74) is 2.15. The smallest absolute Gasteiger partial charge is 0.176 e. The van der Waals surface area contributed by atoms with Crippen LogP contribution in [0.4, 0.5) is 5.82 Å². The van der Waals surface area contributed by atoms with Gasteiger partial charge in [0.1, 0.15) is 0 Å². The van der Waals surface area contributed by atoms with Crippen molar-refractivity contribution in [2.75, 3.05) is 18.0 Å². The lowest BCUT2D eigenvalue weighted by molar-refractivity contribution is 0.136. The van der Waals surface area contributed by atoms with E-state index in [1.165, 1.54) is 0 Å². The van der Waals surface area contributed by atoms with E-state index >= 15 is 0 Å². The number of aliphatic hydroxyl groups is 1. The molecule has 1 N–H and O–H groups in total. The second-order valence-electron chi connectivity index (χ2n) is 6.35. The van der Waals surface area contributed by atoms with E-state index in [-0.39, 0.29) is 11.5 Å². The average Bonchev–Trinajstić information content (AvgIpc) is 3.07. The zero-order chi connectivity index (χ0) is 14.6. The number of aromatic nitrogens is 4. The van der Waals surface area contributed by atoms with Gasteiger partial charge in [-0.2, -0.15) is 5.10 Å². The molecule has 2 aromatic heterocycles. The number of aliphatic hydroxyl groups excluding tert-OH is 1. The van der Waals surface area contributed by atoms with Crippen molar-refractivity contribution in [1.82, 2.24) is 20.0 Å². The van der Waals surface area contributed by atoms with Crippen LogP contribution in [0.5, 0.6) is 0 Å². The Morgan fingerprint density at radius 3 is 2.43 bits per heavy atom. The molecular formula is C15H19N5O. The Balaban J connectivity index is 1.58. The highest BCUT2D eigenvalue weighted by Crippen LogP contribution is 2.53. The lowest BCUT2D eigenvalue weighted by atomic mass is 10.0. The van der Waals surface area contributed by atoms with Gasteiger partial charge in [-0.3, -0.25) is 0 Å². The van der Waals surface area contributed by atoms with Crippen molar-refractivity contribution in [3.8, 4) is 5.82 Å². The van der Waals surface area contributed by atoms with E-state index in [4.69, 9.17) is 0 Å². The molecule has 6 nitrogen and oxygen atoms in total. The monoisotopic (exact) mass is 285 g/mol. The minimum absolute atomic E-state index is 0.135. The Bertz CT molecular complexity index is 674. The predicted molar refractivity (Wildman–Crippen MR) is 78.5 cm³/mol. The molecule has 1 atom stereocenters. The van der Waals surface area contributed by atoms with Gasteiger partial charge in [-0.05, 0) is 44.9 Å². The topological polar surface area (TPSA) is 67.1 Å². The Labute approximate surface area is 123 Å². The Morgan fingerprint density at radius 1 is 1.19 bits per heavy atom. The summed E-state index contributed by atoms with van der Waals surface area (Å²) in [6.45, 7) is 5.52. The highest BCUT2D eigenvalue weighted by Gasteiger charge is 2.54.